The van der Waals surface area contributed by atoms with E-state index >= 15 is 0 Å². The first kappa shape index (κ1) is 14.6. The number of methoxy groups -OCH3 is 1. The van der Waals surface area contributed by atoms with Crippen LogP contribution in [0.15, 0.2) is 18.2 Å². The lowest BCUT2D eigenvalue weighted by Gasteiger charge is -2.24. The van der Waals surface area contributed by atoms with Crippen LogP contribution in [-0.4, -0.2) is 25.2 Å². The monoisotopic (exact) mass is 298 g/mol. The summed E-state index contributed by atoms with van der Waals surface area (Å²) in [6.45, 7) is 6.11. The number of nitrogens with zero attached hydrogens (tertiary/aromatic N) is 1. The first-order valence-corrected chi connectivity index (χ1v) is 7.48. The summed E-state index contributed by atoms with van der Waals surface area (Å²) in [5, 5.41) is 5.11. The largest absolute Gasteiger partial charge is 0.385 e. The van der Waals surface area contributed by atoms with Crippen LogP contribution in [0.2, 0.25) is 5.02 Å². The quantitative estimate of drug-likeness (QED) is 0.857. The third-order valence-corrected chi connectivity index (χ3v) is 4.26. The van der Waals surface area contributed by atoms with E-state index in [2.05, 4.69) is 24.1 Å². The zero-order valence-electron chi connectivity index (χ0n) is 11.5. The fraction of sp³-hybridized carbons (Fsp3) is 0.500. The average Bonchev–Trinajstić information content (AvgIpc) is 2.76. The molecule has 0 aliphatic carbocycles. The van der Waals surface area contributed by atoms with Gasteiger partial charge in [-0.1, -0.05) is 36.8 Å². The Bertz CT molecular complexity index is 553. The van der Waals surface area contributed by atoms with Crippen LogP contribution in [0.25, 0.3) is 10.2 Å². The van der Waals surface area contributed by atoms with Crippen molar-refractivity contribution in [1.82, 2.24) is 4.98 Å². The predicted molar refractivity (Wildman–Crippen MR) is 83.4 cm³/mol. The number of benzene rings is 1. The van der Waals surface area contributed by atoms with Crippen molar-refractivity contribution in [2.45, 2.75) is 20.3 Å². The Hall–Kier alpha value is -0.840. The number of thiazole rings is 1. The van der Waals surface area contributed by atoms with Gasteiger partial charge < -0.3 is 10.1 Å². The molecule has 104 valence electrons. The summed E-state index contributed by atoms with van der Waals surface area (Å²) in [6, 6.07) is 5.78. The molecule has 0 unspecified atom stereocenters. The van der Waals surface area contributed by atoms with E-state index in [4.69, 9.17) is 16.3 Å². The molecule has 0 radical (unpaired) electrons. The highest BCUT2D eigenvalue weighted by Gasteiger charge is 2.18. The fourth-order valence-electron chi connectivity index (χ4n) is 1.76. The molecular weight excluding hydrogens is 280 g/mol. The Kier molecular flexibility index (Phi) is 4.66. The molecule has 2 aromatic rings. The van der Waals surface area contributed by atoms with E-state index in [1.54, 1.807) is 18.4 Å². The van der Waals surface area contributed by atoms with Gasteiger partial charge in [0.05, 0.1) is 10.2 Å². The summed E-state index contributed by atoms with van der Waals surface area (Å²) in [7, 11) is 1.74. The lowest BCUT2D eigenvalue weighted by molar-refractivity contribution is 0.157. The fourth-order valence-corrected chi connectivity index (χ4v) is 2.89. The molecular formula is C14H19ClN2OS. The molecule has 0 aliphatic heterocycles. The van der Waals surface area contributed by atoms with E-state index in [0.717, 1.165) is 39.9 Å². The van der Waals surface area contributed by atoms with Crippen LogP contribution in [-0.2, 0) is 4.74 Å². The van der Waals surface area contributed by atoms with Gasteiger partial charge in [-0.2, -0.15) is 0 Å². The van der Waals surface area contributed by atoms with Crippen LogP contribution < -0.4 is 5.32 Å². The van der Waals surface area contributed by atoms with Crippen LogP contribution in [0.3, 0.4) is 0 Å². The molecule has 0 spiro atoms. The predicted octanol–water partition coefficient (Wildman–Crippen LogP) is 4.42. The van der Waals surface area contributed by atoms with Crippen LogP contribution >= 0.6 is 22.9 Å². The Morgan fingerprint density at radius 2 is 2.21 bits per heavy atom. The number of nitrogens with one attached hydrogen (secondary N) is 1. The summed E-state index contributed by atoms with van der Waals surface area (Å²) < 4.78 is 6.25. The molecule has 0 saturated heterocycles. The van der Waals surface area contributed by atoms with E-state index < -0.39 is 0 Å². The second-order valence-electron chi connectivity index (χ2n) is 5.39. The van der Waals surface area contributed by atoms with Crippen molar-refractivity contribution in [3.05, 3.63) is 23.2 Å². The van der Waals surface area contributed by atoms with E-state index in [1.807, 2.05) is 18.2 Å². The molecule has 1 heterocycles. The van der Waals surface area contributed by atoms with Crippen molar-refractivity contribution in [3.8, 4) is 0 Å². The number of hydrogen-bond donors (Lipinski definition) is 1. The van der Waals surface area contributed by atoms with Gasteiger partial charge in [-0.25, -0.2) is 4.98 Å². The summed E-state index contributed by atoms with van der Waals surface area (Å²) >= 11 is 7.62. The van der Waals surface area contributed by atoms with Gasteiger partial charge in [0.15, 0.2) is 5.13 Å². The third kappa shape index (κ3) is 4.06. The van der Waals surface area contributed by atoms with Crippen molar-refractivity contribution >= 4 is 38.3 Å². The van der Waals surface area contributed by atoms with Gasteiger partial charge in [0.2, 0.25) is 0 Å². The van der Waals surface area contributed by atoms with E-state index in [9.17, 15) is 0 Å². The summed E-state index contributed by atoms with van der Waals surface area (Å²) in [4.78, 5) is 4.55. The zero-order chi connectivity index (χ0) is 13.9. The van der Waals surface area contributed by atoms with Crippen molar-refractivity contribution in [2.24, 2.45) is 5.41 Å². The van der Waals surface area contributed by atoms with E-state index in [-0.39, 0.29) is 5.41 Å². The van der Waals surface area contributed by atoms with Gasteiger partial charge in [-0.3, -0.25) is 0 Å². The lowest BCUT2D eigenvalue weighted by atomic mass is 9.90. The van der Waals surface area contributed by atoms with Gasteiger partial charge in [0.25, 0.3) is 0 Å². The minimum atomic E-state index is 0.186. The number of halogens is 1. The Morgan fingerprint density at radius 1 is 1.42 bits per heavy atom. The summed E-state index contributed by atoms with van der Waals surface area (Å²) in [6.07, 6.45) is 1.02. The molecule has 19 heavy (non-hydrogen) atoms. The standard InChI is InChI=1S/C14H19ClN2OS/c1-14(2,6-7-18-3)9-16-13-17-11-5-4-10(15)8-12(11)19-13/h4-5,8H,6-7,9H2,1-3H3,(H,16,17). The van der Waals surface area contributed by atoms with Crippen molar-refractivity contribution in [3.63, 3.8) is 0 Å². The molecule has 1 N–H and O–H groups in total. The SMILES string of the molecule is COCCC(C)(C)CNc1nc2ccc(Cl)cc2s1. The highest BCUT2D eigenvalue weighted by Crippen LogP contribution is 2.29. The third-order valence-electron chi connectivity index (χ3n) is 3.05. The molecule has 1 aromatic carbocycles. The molecule has 3 nitrogen and oxygen atoms in total. The van der Waals surface area contributed by atoms with Crippen LogP contribution in [0.1, 0.15) is 20.3 Å². The molecule has 2 rings (SSSR count). The van der Waals surface area contributed by atoms with E-state index in [0.29, 0.717) is 0 Å². The molecule has 5 heteroatoms. The highest BCUT2D eigenvalue weighted by molar-refractivity contribution is 7.22. The number of aromatic nitrogens is 1. The van der Waals surface area contributed by atoms with Crippen molar-refractivity contribution in [2.75, 3.05) is 25.6 Å². The molecule has 0 saturated carbocycles. The summed E-state index contributed by atoms with van der Waals surface area (Å²) in [5.74, 6) is 0. The average molecular weight is 299 g/mol. The van der Waals surface area contributed by atoms with Gasteiger partial charge in [-0.05, 0) is 30.0 Å². The lowest BCUT2D eigenvalue weighted by Crippen LogP contribution is -2.24. The minimum Gasteiger partial charge on any atom is -0.385 e. The number of hydrogen-bond acceptors (Lipinski definition) is 4. The van der Waals surface area contributed by atoms with Crippen LogP contribution in [0.5, 0.6) is 0 Å². The minimum absolute atomic E-state index is 0.186. The Morgan fingerprint density at radius 3 is 2.95 bits per heavy atom. The van der Waals surface area contributed by atoms with Gasteiger partial charge >= 0.3 is 0 Å². The van der Waals surface area contributed by atoms with Crippen LogP contribution in [0, 0.1) is 5.41 Å². The Balaban J connectivity index is 2.01. The van der Waals surface area contributed by atoms with Crippen molar-refractivity contribution < 1.29 is 4.74 Å². The zero-order valence-corrected chi connectivity index (χ0v) is 13.1. The number of fused-ring (bicyclic) bond motifs is 1. The second-order valence-corrected chi connectivity index (χ2v) is 6.86. The van der Waals surface area contributed by atoms with Crippen molar-refractivity contribution in [1.29, 1.82) is 0 Å². The molecule has 0 amide bonds. The summed E-state index contributed by atoms with van der Waals surface area (Å²) in [5.41, 5.74) is 1.18. The van der Waals surface area contributed by atoms with Gasteiger partial charge in [0, 0.05) is 25.3 Å². The molecule has 0 fully saturated rings. The maximum Gasteiger partial charge on any atom is 0.183 e. The van der Waals surface area contributed by atoms with E-state index in [1.165, 1.54) is 0 Å². The second kappa shape index (κ2) is 6.07. The molecule has 1 aromatic heterocycles. The Labute approximate surface area is 122 Å². The molecule has 0 bridgehead atoms. The maximum atomic E-state index is 5.98. The topological polar surface area (TPSA) is 34.1 Å². The highest BCUT2D eigenvalue weighted by atomic mass is 35.5. The number of anilines is 1. The maximum absolute atomic E-state index is 5.98. The first-order valence-electron chi connectivity index (χ1n) is 6.29. The van der Waals surface area contributed by atoms with Gasteiger partial charge in [0.1, 0.15) is 0 Å². The number of ether oxygens (including phenoxy) is 1. The molecule has 0 atom stereocenters. The van der Waals surface area contributed by atoms with Gasteiger partial charge in [-0.15, -0.1) is 0 Å². The molecule has 0 aliphatic rings. The van der Waals surface area contributed by atoms with Crippen LogP contribution in [0.4, 0.5) is 5.13 Å². The smallest absolute Gasteiger partial charge is 0.183 e. The first-order chi connectivity index (χ1) is 9.00. The normalized spacial score (nSPS) is 12.0. The number of rotatable bonds is 6.